The summed E-state index contributed by atoms with van der Waals surface area (Å²) in [4.78, 5) is 27.0. The lowest BCUT2D eigenvalue weighted by Gasteiger charge is -2.27. The molecule has 0 radical (unpaired) electrons. The van der Waals surface area contributed by atoms with Crippen molar-refractivity contribution in [3.8, 4) is 5.75 Å². The van der Waals surface area contributed by atoms with Gasteiger partial charge in [0, 0.05) is 16.5 Å². The summed E-state index contributed by atoms with van der Waals surface area (Å²) in [6.07, 6.45) is 0. The van der Waals surface area contributed by atoms with Gasteiger partial charge < -0.3 is 4.74 Å². The molecule has 0 aromatic heterocycles. The van der Waals surface area contributed by atoms with Gasteiger partial charge in [-0.15, -0.1) is 0 Å². The molecule has 2 amide bonds. The van der Waals surface area contributed by atoms with E-state index in [1.54, 1.807) is 12.1 Å². The van der Waals surface area contributed by atoms with E-state index in [0.29, 0.717) is 17.7 Å². The number of rotatable bonds is 4. The minimum Gasteiger partial charge on any atom is -0.494 e. The molecule has 124 valence electrons. The number of nitrogens with zero attached hydrogens (tertiary/aromatic N) is 1. The Balaban J connectivity index is 1.70. The monoisotopic (exact) mass is 331 g/mol. The van der Waals surface area contributed by atoms with Crippen LogP contribution in [0.25, 0.3) is 10.8 Å². The quantitative estimate of drug-likeness (QED) is 0.678. The lowest BCUT2D eigenvalue weighted by molar-refractivity contribution is 0.0598. The molecule has 0 atom stereocenters. The molecule has 1 aliphatic heterocycles. The average Bonchev–Trinajstić information content (AvgIpc) is 2.64. The van der Waals surface area contributed by atoms with E-state index in [9.17, 15) is 9.59 Å². The molecule has 0 unspecified atom stereocenters. The number of benzene rings is 3. The number of hydrogen-bond donors (Lipinski definition) is 0. The molecule has 0 saturated carbocycles. The van der Waals surface area contributed by atoms with E-state index in [0.717, 1.165) is 22.1 Å². The standard InChI is InChI=1S/C21H17NO3/c1-2-25-16-11-9-14(10-12-16)13-22-20(23)17-7-3-5-15-6-4-8-18(19(15)17)21(22)24/h3-12H,2,13H2,1H3. The predicted molar refractivity (Wildman–Crippen MR) is 95.8 cm³/mol. The van der Waals surface area contributed by atoms with Crippen LogP contribution < -0.4 is 4.74 Å². The van der Waals surface area contributed by atoms with Gasteiger partial charge in [0.25, 0.3) is 11.8 Å². The van der Waals surface area contributed by atoms with E-state index < -0.39 is 0 Å². The Morgan fingerprint density at radius 1 is 0.840 bits per heavy atom. The van der Waals surface area contributed by atoms with Crippen molar-refractivity contribution in [1.82, 2.24) is 4.90 Å². The van der Waals surface area contributed by atoms with E-state index in [1.165, 1.54) is 4.90 Å². The number of carbonyl (C=O) groups is 2. The first kappa shape index (κ1) is 15.4. The topological polar surface area (TPSA) is 46.6 Å². The van der Waals surface area contributed by atoms with Crippen molar-refractivity contribution in [2.24, 2.45) is 0 Å². The fourth-order valence-corrected chi connectivity index (χ4v) is 3.26. The molecular formula is C21H17NO3. The van der Waals surface area contributed by atoms with Gasteiger partial charge in [-0.25, -0.2) is 0 Å². The summed E-state index contributed by atoms with van der Waals surface area (Å²) >= 11 is 0. The molecule has 0 spiro atoms. The molecule has 1 heterocycles. The zero-order valence-electron chi connectivity index (χ0n) is 13.9. The van der Waals surface area contributed by atoms with Crippen LogP contribution >= 0.6 is 0 Å². The lowest BCUT2D eigenvalue weighted by Crippen LogP contribution is -2.39. The fraction of sp³-hybridized carbons (Fsp3) is 0.143. The first-order valence-corrected chi connectivity index (χ1v) is 8.28. The largest absolute Gasteiger partial charge is 0.494 e. The highest BCUT2D eigenvalue weighted by Crippen LogP contribution is 2.30. The van der Waals surface area contributed by atoms with Crippen molar-refractivity contribution in [1.29, 1.82) is 0 Å². The normalized spacial score (nSPS) is 13.4. The van der Waals surface area contributed by atoms with Gasteiger partial charge in [0.05, 0.1) is 13.2 Å². The molecular weight excluding hydrogens is 314 g/mol. The van der Waals surface area contributed by atoms with Gasteiger partial charge in [0.1, 0.15) is 5.75 Å². The van der Waals surface area contributed by atoms with E-state index in [4.69, 9.17) is 4.74 Å². The van der Waals surface area contributed by atoms with Crippen molar-refractivity contribution in [2.75, 3.05) is 6.61 Å². The zero-order chi connectivity index (χ0) is 17.4. The van der Waals surface area contributed by atoms with Crippen molar-refractivity contribution in [3.63, 3.8) is 0 Å². The first-order valence-electron chi connectivity index (χ1n) is 8.28. The smallest absolute Gasteiger partial charge is 0.261 e. The predicted octanol–water partition coefficient (Wildman–Crippen LogP) is 4.03. The highest BCUT2D eigenvalue weighted by Gasteiger charge is 2.32. The maximum Gasteiger partial charge on any atom is 0.261 e. The summed E-state index contributed by atoms with van der Waals surface area (Å²) in [5.74, 6) is 0.282. The molecule has 3 aromatic rings. The van der Waals surface area contributed by atoms with Crippen molar-refractivity contribution in [3.05, 3.63) is 77.4 Å². The summed E-state index contributed by atoms with van der Waals surface area (Å²) in [7, 11) is 0. The van der Waals surface area contributed by atoms with Gasteiger partial charge in [-0.3, -0.25) is 14.5 Å². The summed E-state index contributed by atoms with van der Waals surface area (Å²) < 4.78 is 5.43. The number of hydrogen-bond acceptors (Lipinski definition) is 3. The van der Waals surface area contributed by atoms with Crippen LogP contribution in [-0.2, 0) is 6.54 Å². The Kier molecular flexibility index (Phi) is 3.73. The second kappa shape index (κ2) is 6.06. The van der Waals surface area contributed by atoms with Crippen LogP contribution in [0.2, 0.25) is 0 Å². The summed E-state index contributed by atoms with van der Waals surface area (Å²) in [6, 6.07) is 18.6. The molecule has 3 aromatic carbocycles. The lowest BCUT2D eigenvalue weighted by atomic mass is 9.94. The Morgan fingerprint density at radius 2 is 1.44 bits per heavy atom. The molecule has 0 bridgehead atoms. The second-order valence-electron chi connectivity index (χ2n) is 5.98. The van der Waals surface area contributed by atoms with E-state index in [2.05, 4.69) is 0 Å². The van der Waals surface area contributed by atoms with Gasteiger partial charge in [0.15, 0.2) is 0 Å². The first-order chi connectivity index (χ1) is 12.2. The van der Waals surface area contributed by atoms with Crippen molar-refractivity contribution >= 4 is 22.6 Å². The van der Waals surface area contributed by atoms with Crippen LogP contribution in [0.15, 0.2) is 60.7 Å². The Bertz CT molecular complexity index is 925. The molecule has 25 heavy (non-hydrogen) atoms. The summed E-state index contributed by atoms with van der Waals surface area (Å²) in [5, 5.41) is 1.67. The summed E-state index contributed by atoms with van der Waals surface area (Å²) in [5.41, 5.74) is 2.05. The molecule has 4 rings (SSSR count). The van der Waals surface area contributed by atoms with Crippen LogP contribution in [-0.4, -0.2) is 23.3 Å². The second-order valence-corrected chi connectivity index (χ2v) is 5.98. The van der Waals surface area contributed by atoms with Crippen LogP contribution in [0.5, 0.6) is 5.75 Å². The van der Waals surface area contributed by atoms with Crippen molar-refractivity contribution < 1.29 is 14.3 Å². The number of ether oxygens (including phenoxy) is 1. The minimum absolute atomic E-state index is 0.245. The van der Waals surface area contributed by atoms with Crippen LogP contribution in [0.4, 0.5) is 0 Å². The van der Waals surface area contributed by atoms with Gasteiger partial charge in [-0.1, -0.05) is 36.4 Å². The Hall–Kier alpha value is -3.14. The number of amides is 2. The Labute approximate surface area is 145 Å². The third-order valence-corrected chi connectivity index (χ3v) is 4.43. The van der Waals surface area contributed by atoms with Gasteiger partial charge in [-0.2, -0.15) is 0 Å². The molecule has 1 aliphatic rings. The zero-order valence-corrected chi connectivity index (χ0v) is 13.9. The average molecular weight is 331 g/mol. The Morgan fingerprint density at radius 3 is 2.00 bits per heavy atom. The van der Waals surface area contributed by atoms with Gasteiger partial charge in [-0.05, 0) is 42.1 Å². The molecule has 0 N–H and O–H groups in total. The molecule has 0 fully saturated rings. The van der Waals surface area contributed by atoms with Gasteiger partial charge in [0.2, 0.25) is 0 Å². The highest BCUT2D eigenvalue weighted by molar-refractivity contribution is 6.25. The maximum atomic E-state index is 12.9. The molecule has 4 heteroatoms. The van der Waals surface area contributed by atoms with Gasteiger partial charge >= 0.3 is 0 Å². The van der Waals surface area contributed by atoms with Crippen LogP contribution in [0.1, 0.15) is 33.2 Å². The molecule has 0 saturated heterocycles. The van der Waals surface area contributed by atoms with Crippen LogP contribution in [0.3, 0.4) is 0 Å². The van der Waals surface area contributed by atoms with E-state index in [-0.39, 0.29) is 18.4 Å². The van der Waals surface area contributed by atoms with E-state index in [1.807, 2.05) is 55.5 Å². The minimum atomic E-state index is -0.247. The SMILES string of the molecule is CCOc1ccc(CN2C(=O)c3cccc4cccc(c34)C2=O)cc1. The molecule has 4 nitrogen and oxygen atoms in total. The third-order valence-electron chi connectivity index (χ3n) is 4.43. The highest BCUT2D eigenvalue weighted by atomic mass is 16.5. The number of carbonyl (C=O) groups excluding carboxylic acids is 2. The van der Waals surface area contributed by atoms with Crippen molar-refractivity contribution in [2.45, 2.75) is 13.5 Å². The van der Waals surface area contributed by atoms with E-state index >= 15 is 0 Å². The van der Waals surface area contributed by atoms with Crippen LogP contribution in [0, 0.1) is 0 Å². The molecule has 0 aliphatic carbocycles. The summed E-state index contributed by atoms with van der Waals surface area (Å²) in [6.45, 7) is 2.77. The number of imide groups is 1. The third kappa shape index (κ3) is 2.56. The fourth-order valence-electron chi connectivity index (χ4n) is 3.26. The maximum absolute atomic E-state index is 12.9.